The number of rotatable bonds is 2. The van der Waals surface area contributed by atoms with Crippen LogP contribution < -0.4 is 5.73 Å². The van der Waals surface area contributed by atoms with Gasteiger partial charge in [0.15, 0.2) is 0 Å². The average Bonchev–Trinajstić information content (AvgIpc) is 2.23. The molecule has 0 spiro atoms. The Bertz CT molecular complexity index is 370. The largest absolute Gasteiger partial charge is 0.327 e. The lowest BCUT2D eigenvalue weighted by Gasteiger charge is -2.37. The second-order valence-corrected chi connectivity index (χ2v) is 6.95. The summed E-state index contributed by atoms with van der Waals surface area (Å²) in [7, 11) is 0. The summed E-state index contributed by atoms with van der Waals surface area (Å²) in [5.74, 6) is 1.44. The maximum atomic E-state index is 6.29. The van der Waals surface area contributed by atoms with Gasteiger partial charge in [-0.15, -0.1) is 11.8 Å². The summed E-state index contributed by atoms with van der Waals surface area (Å²) in [5.41, 5.74) is 6.29. The number of thioether (sulfide) groups is 1. The minimum atomic E-state index is 0.303. The zero-order valence-electron chi connectivity index (χ0n) is 10.4. The first kappa shape index (κ1) is 13.3. The first-order chi connectivity index (χ1) is 8.06. The molecule has 2 rings (SSSR count). The van der Waals surface area contributed by atoms with E-state index in [1.54, 1.807) is 0 Å². The Hall–Kier alpha value is -0.180. The number of benzene rings is 1. The van der Waals surface area contributed by atoms with E-state index in [0.29, 0.717) is 17.2 Å². The fraction of sp³-hybridized carbons (Fsp3) is 0.571. The van der Waals surface area contributed by atoms with Gasteiger partial charge >= 0.3 is 0 Å². The molecule has 4 unspecified atom stereocenters. The zero-order valence-corrected chi connectivity index (χ0v) is 12.0. The third kappa shape index (κ3) is 3.40. The molecule has 0 saturated heterocycles. The van der Waals surface area contributed by atoms with Gasteiger partial charge in [0.25, 0.3) is 0 Å². The van der Waals surface area contributed by atoms with Gasteiger partial charge in [-0.05, 0) is 42.9 Å². The summed E-state index contributed by atoms with van der Waals surface area (Å²) >= 11 is 7.90. The van der Waals surface area contributed by atoms with Crippen LogP contribution in [0.1, 0.15) is 26.7 Å². The maximum Gasteiger partial charge on any atom is 0.0417 e. The molecule has 1 aromatic carbocycles. The van der Waals surface area contributed by atoms with Gasteiger partial charge in [-0.25, -0.2) is 0 Å². The number of halogens is 1. The zero-order chi connectivity index (χ0) is 12.4. The van der Waals surface area contributed by atoms with E-state index in [2.05, 4.69) is 19.9 Å². The van der Waals surface area contributed by atoms with Crippen LogP contribution in [-0.2, 0) is 0 Å². The van der Waals surface area contributed by atoms with Crippen LogP contribution in [0.2, 0.25) is 5.02 Å². The maximum absolute atomic E-state index is 6.29. The van der Waals surface area contributed by atoms with Crippen LogP contribution in [0.4, 0.5) is 0 Å². The van der Waals surface area contributed by atoms with E-state index in [4.69, 9.17) is 17.3 Å². The second kappa shape index (κ2) is 5.64. The molecular weight excluding hydrogens is 250 g/mol. The Morgan fingerprint density at radius 2 is 2.06 bits per heavy atom. The SMILES string of the molecule is CC1CC(C)C(Sc2cccc(Cl)c2)C(N)C1. The van der Waals surface area contributed by atoms with Crippen molar-refractivity contribution in [2.24, 2.45) is 17.6 Å². The van der Waals surface area contributed by atoms with Crippen molar-refractivity contribution in [3.05, 3.63) is 29.3 Å². The molecule has 1 fully saturated rings. The molecule has 0 aliphatic heterocycles. The number of hydrogen-bond donors (Lipinski definition) is 1. The topological polar surface area (TPSA) is 26.0 Å². The highest BCUT2D eigenvalue weighted by Gasteiger charge is 2.32. The molecule has 2 N–H and O–H groups in total. The van der Waals surface area contributed by atoms with Gasteiger partial charge in [0.05, 0.1) is 0 Å². The lowest BCUT2D eigenvalue weighted by Crippen LogP contribution is -2.42. The molecule has 1 saturated carbocycles. The van der Waals surface area contributed by atoms with Gasteiger partial charge in [0.2, 0.25) is 0 Å². The van der Waals surface area contributed by atoms with Crippen LogP contribution >= 0.6 is 23.4 Å². The van der Waals surface area contributed by atoms with Crippen molar-refractivity contribution >= 4 is 23.4 Å². The summed E-state index contributed by atoms with van der Waals surface area (Å²) < 4.78 is 0. The molecule has 0 radical (unpaired) electrons. The summed E-state index contributed by atoms with van der Waals surface area (Å²) in [6.45, 7) is 4.62. The summed E-state index contributed by atoms with van der Waals surface area (Å²) in [4.78, 5) is 1.24. The fourth-order valence-corrected chi connectivity index (χ4v) is 4.34. The Balaban J connectivity index is 2.07. The number of nitrogens with two attached hydrogens (primary N) is 1. The van der Waals surface area contributed by atoms with Crippen molar-refractivity contribution in [3.8, 4) is 0 Å². The van der Waals surface area contributed by atoms with Gasteiger partial charge < -0.3 is 5.73 Å². The van der Waals surface area contributed by atoms with Crippen molar-refractivity contribution < 1.29 is 0 Å². The first-order valence-electron chi connectivity index (χ1n) is 6.24. The van der Waals surface area contributed by atoms with Gasteiger partial charge in [0, 0.05) is 21.2 Å². The van der Waals surface area contributed by atoms with Crippen molar-refractivity contribution in [3.63, 3.8) is 0 Å². The van der Waals surface area contributed by atoms with E-state index in [0.717, 1.165) is 17.4 Å². The predicted molar refractivity (Wildman–Crippen MR) is 76.6 cm³/mol. The van der Waals surface area contributed by atoms with Gasteiger partial charge in [-0.3, -0.25) is 0 Å². The van der Waals surface area contributed by atoms with Gasteiger partial charge in [-0.1, -0.05) is 31.5 Å². The first-order valence-corrected chi connectivity index (χ1v) is 7.50. The molecule has 0 heterocycles. The molecule has 3 heteroatoms. The number of hydrogen-bond acceptors (Lipinski definition) is 2. The predicted octanol–water partition coefficient (Wildman–Crippen LogP) is 4.19. The lowest BCUT2D eigenvalue weighted by atomic mass is 9.80. The highest BCUT2D eigenvalue weighted by atomic mass is 35.5. The molecule has 1 aliphatic rings. The monoisotopic (exact) mass is 269 g/mol. The van der Waals surface area contributed by atoms with E-state index in [1.807, 2.05) is 30.0 Å². The quantitative estimate of drug-likeness (QED) is 0.871. The molecule has 1 aromatic rings. The average molecular weight is 270 g/mol. The Morgan fingerprint density at radius 1 is 1.29 bits per heavy atom. The van der Waals surface area contributed by atoms with Crippen LogP contribution in [0, 0.1) is 11.8 Å². The molecule has 1 aliphatic carbocycles. The summed E-state index contributed by atoms with van der Waals surface area (Å²) in [6.07, 6.45) is 2.43. The van der Waals surface area contributed by atoms with E-state index in [9.17, 15) is 0 Å². The van der Waals surface area contributed by atoms with Crippen LogP contribution in [-0.4, -0.2) is 11.3 Å². The van der Waals surface area contributed by atoms with Gasteiger partial charge in [0.1, 0.15) is 0 Å². The third-order valence-corrected chi connectivity index (χ3v) is 5.35. The normalized spacial score (nSPS) is 33.6. The third-order valence-electron chi connectivity index (χ3n) is 3.50. The molecule has 94 valence electrons. The molecular formula is C14H20ClNS. The smallest absolute Gasteiger partial charge is 0.0417 e. The van der Waals surface area contributed by atoms with Crippen molar-refractivity contribution in [2.75, 3.05) is 0 Å². The molecule has 17 heavy (non-hydrogen) atoms. The minimum Gasteiger partial charge on any atom is -0.327 e. The van der Waals surface area contributed by atoms with Crippen LogP contribution in [0.15, 0.2) is 29.2 Å². The minimum absolute atomic E-state index is 0.303. The van der Waals surface area contributed by atoms with E-state index >= 15 is 0 Å². The van der Waals surface area contributed by atoms with Crippen molar-refractivity contribution in [1.29, 1.82) is 0 Å². The fourth-order valence-electron chi connectivity index (χ4n) is 2.79. The highest BCUT2D eigenvalue weighted by molar-refractivity contribution is 8.00. The standard InChI is InChI=1S/C14H20ClNS/c1-9-6-10(2)14(13(16)7-9)17-12-5-3-4-11(15)8-12/h3-5,8-10,13-14H,6-7,16H2,1-2H3. The van der Waals surface area contributed by atoms with E-state index in [1.165, 1.54) is 11.3 Å². The summed E-state index contributed by atoms with van der Waals surface area (Å²) in [6, 6.07) is 8.37. The molecule has 1 nitrogen and oxygen atoms in total. The molecule has 4 atom stereocenters. The second-order valence-electron chi connectivity index (χ2n) is 5.26. The molecule has 0 aromatic heterocycles. The Morgan fingerprint density at radius 3 is 2.71 bits per heavy atom. The molecule has 0 bridgehead atoms. The van der Waals surface area contributed by atoms with Crippen molar-refractivity contribution in [1.82, 2.24) is 0 Å². The summed E-state index contributed by atoms with van der Waals surface area (Å²) in [5, 5.41) is 1.32. The molecule has 0 amide bonds. The van der Waals surface area contributed by atoms with Crippen LogP contribution in [0.5, 0.6) is 0 Å². The van der Waals surface area contributed by atoms with E-state index in [-0.39, 0.29) is 0 Å². The Kier molecular flexibility index (Phi) is 4.40. The van der Waals surface area contributed by atoms with Crippen LogP contribution in [0.3, 0.4) is 0 Å². The lowest BCUT2D eigenvalue weighted by molar-refractivity contribution is 0.279. The van der Waals surface area contributed by atoms with Crippen molar-refractivity contribution in [2.45, 2.75) is 42.9 Å². The highest BCUT2D eigenvalue weighted by Crippen LogP contribution is 2.39. The van der Waals surface area contributed by atoms with Crippen LogP contribution in [0.25, 0.3) is 0 Å². The Labute approximate surface area is 113 Å². The van der Waals surface area contributed by atoms with Gasteiger partial charge in [-0.2, -0.15) is 0 Å². The van der Waals surface area contributed by atoms with E-state index < -0.39 is 0 Å².